The second-order valence-electron chi connectivity index (χ2n) is 5.90. The number of halogens is 1. The molecule has 2 aromatic rings. The Balaban J connectivity index is 2.02. The molecule has 1 amide bonds. The Kier molecular flexibility index (Phi) is 5.56. The van der Waals surface area contributed by atoms with Crippen LogP contribution in [0.4, 0.5) is 0 Å². The maximum Gasteiger partial charge on any atom is 0.251 e. The summed E-state index contributed by atoms with van der Waals surface area (Å²) >= 11 is 5.81. The molecule has 22 heavy (non-hydrogen) atoms. The number of nitrogens with one attached hydrogen (secondary N) is 1. The summed E-state index contributed by atoms with van der Waals surface area (Å²) in [4.78, 5) is 16.1. The van der Waals surface area contributed by atoms with Gasteiger partial charge in [0.2, 0.25) is 0 Å². The highest BCUT2D eigenvalue weighted by atomic mass is 35.5. The van der Waals surface area contributed by atoms with Crippen molar-refractivity contribution in [2.75, 3.05) is 0 Å². The van der Waals surface area contributed by atoms with E-state index in [1.165, 1.54) is 11.8 Å². The summed E-state index contributed by atoms with van der Waals surface area (Å²) in [6.45, 7) is 6.38. The normalized spacial score (nSPS) is 12.2. The third kappa shape index (κ3) is 4.57. The smallest absolute Gasteiger partial charge is 0.251 e. The number of hydrogen-bond donors (Lipinski definition) is 1. The van der Waals surface area contributed by atoms with Crippen molar-refractivity contribution in [2.45, 2.75) is 33.2 Å². The van der Waals surface area contributed by atoms with E-state index in [9.17, 15) is 4.79 Å². The van der Waals surface area contributed by atoms with E-state index in [0.29, 0.717) is 16.6 Å². The summed E-state index contributed by atoms with van der Waals surface area (Å²) in [6.07, 6.45) is 2.60. The summed E-state index contributed by atoms with van der Waals surface area (Å²) in [7, 11) is 0. The van der Waals surface area contributed by atoms with Gasteiger partial charge in [-0.25, -0.2) is 4.98 Å². The minimum Gasteiger partial charge on any atom is -0.346 e. The molecule has 0 saturated carbocycles. The average Bonchev–Trinajstić information content (AvgIpc) is 2.47. The first-order valence-corrected chi connectivity index (χ1v) is 7.84. The van der Waals surface area contributed by atoms with Gasteiger partial charge in [-0.2, -0.15) is 0 Å². The molecule has 0 aliphatic heterocycles. The van der Waals surface area contributed by atoms with E-state index < -0.39 is 0 Å². The molecule has 1 heterocycles. The molecule has 1 aromatic carbocycles. The van der Waals surface area contributed by atoms with Crippen LogP contribution in [0.2, 0.25) is 5.15 Å². The molecule has 3 nitrogen and oxygen atoms in total. The Labute approximate surface area is 136 Å². The zero-order valence-corrected chi connectivity index (χ0v) is 13.9. The number of pyridine rings is 1. The topological polar surface area (TPSA) is 42.0 Å². The molecule has 1 atom stereocenters. The standard InChI is InChI=1S/C18H21ClN2O/c1-12(2)10-14-4-6-15(7-5-14)13(3)21-18(22)16-8-9-20-17(19)11-16/h4-9,11-13H,10H2,1-3H3,(H,21,22)/t13-/m1/s1. The fraction of sp³-hybridized carbons (Fsp3) is 0.333. The number of aromatic nitrogens is 1. The third-order valence-electron chi connectivity index (χ3n) is 3.46. The van der Waals surface area contributed by atoms with Gasteiger partial charge in [0, 0.05) is 11.8 Å². The average molecular weight is 317 g/mol. The van der Waals surface area contributed by atoms with E-state index >= 15 is 0 Å². The van der Waals surface area contributed by atoms with Gasteiger partial charge in [-0.05, 0) is 42.5 Å². The second kappa shape index (κ2) is 7.41. The maximum absolute atomic E-state index is 12.2. The zero-order valence-electron chi connectivity index (χ0n) is 13.1. The van der Waals surface area contributed by atoms with Crippen LogP contribution in [0.25, 0.3) is 0 Å². The van der Waals surface area contributed by atoms with Crippen molar-refractivity contribution in [1.82, 2.24) is 10.3 Å². The van der Waals surface area contributed by atoms with Crippen LogP contribution in [0.15, 0.2) is 42.6 Å². The van der Waals surface area contributed by atoms with Crippen LogP contribution in [0.3, 0.4) is 0 Å². The highest BCUT2D eigenvalue weighted by Crippen LogP contribution is 2.16. The molecule has 0 aliphatic carbocycles. The predicted octanol–water partition coefficient (Wildman–Crippen LogP) is 4.42. The molecule has 1 N–H and O–H groups in total. The number of hydrogen-bond acceptors (Lipinski definition) is 2. The first-order valence-electron chi connectivity index (χ1n) is 7.47. The Morgan fingerprint density at radius 1 is 1.18 bits per heavy atom. The largest absolute Gasteiger partial charge is 0.346 e. The highest BCUT2D eigenvalue weighted by molar-refractivity contribution is 6.29. The van der Waals surface area contributed by atoms with Gasteiger partial charge in [-0.1, -0.05) is 49.7 Å². The maximum atomic E-state index is 12.2. The molecular weight excluding hydrogens is 296 g/mol. The van der Waals surface area contributed by atoms with Crippen LogP contribution in [0, 0.1) is 5.92 Å². The number of amides is 1. The van der Waals surface area contributed by atoms with Gasteiger partial charge >= 0.3 is 0 Å². The summed E-state index contributed by atoms with van der Waals surface area (Å²) < 4.78 is 0. The molecule has 0 unspecified atom stereocenters. The molecule has 0 bridgehead atoms. The number of carbonyl (C=O) groups is 1. The van der Waals surface area contributed by atoms with Crippen molar-refractivity contribution < 1.29 is 4.79 Å². The van der Waals surface area contributed by atoms with Gasteiger partial charge in [0.05, 0.1) is 6.04 Å². The molecular formula is C18H21ClN2O. The lowest BCUT2D eigenvalue weighted by Crippen LogP contribution is -2.26. The quantitative estimate of drug-likeness (QED) is 0.829. The minimum absolute atomic E-state index is 0.0625. The predicted molar refractivity (Wildman–Crippen MR) is 90.1 cm³/mol. The van der Waals surface area contributed by atoms with Crippen molar-refractivity contribution in [2.24, 2.45) is 5.92 Å². The molecule has 0 aliphatic rings. The van der Waals surface area contributed by atoms with Crippen molar-refractivity contribution in [3.05, 3.63) is 64.4 Å². The van der Waals surface area contributed by atoms with Gasteiger partial charge in [0.25, 0.3) is 5.91 Å². The van der Waals surface area contributed by atoms with Gasteiger partial charge in [0.1, 0.15) is 5.15 Å². The van der Waals surface area contributed by atoms with E-state index in [1.54, 1.807) is 12.1 Å². The SMILES string of the molecule is CC(C)Cc1ccc([C@@H](C)NC(=O)c2ccnc(Cl)c2)cc1. The Morgan fingerprint density at radius 3 is 2.45 bits per heavy atom. The third-order valence-corrected chi connectivity index (χ3v) is 3.67. The van der Waals surface area contributed by atoms with E-state index in [2.05, 4.69) is 48.4 Å². The lowest BCUT2D eigenvalue weighted by atomic mass is 10.00. The zero-order chi connectivity index (χ0) is 16.1. The fourth-order valence-corrected chi connectivity index (χ4v) is 2.49. The minimum atomic E-state index is -0.150. The van der Waals surface area contributed by atoms with Crippen LogP contribution < -0.4 is 5.32 Å². The van der Waals surface area contributed by atoms with Gasteiger partial charge < -0.3 is 5.32 Å². The molecule has 0 saturated heterocycles. The van der Waals surface area contributed by atoms with Crippen LogP contribution in [-0.4, -0.2) is 10.9 Å². The Morgan fingerprint density at radius 2 is 1.86 bits per heavy atom. The summed E-state index contributed by atoms with van der Waals surface area (Å²) in [5.74, 6) is 0.488. The number of benzene rings is 1. The van der Waals surface area contributed by atoms with Crippen LogP contribution in [0.5, 0.6) is 0 Å². The van der Waals surface area contributed by atoms with Gasteiger partial charge in [0.15, 0.2) is 0 Å². The van der Waals surface area contributed by atoms with Crippen LogP contribution in [0.1, 0.15) is 48.3 Å². The fourth-order valence-electron chi connectivity index (χ4n) is 2.32. The summed E-state index contributed by atoms with van der Waals surface area (Å²) in [5.41, 5.74) is 2.92. The summed E-state index contributed by atoms with van der Waals surface area (Å²) in [5, 5.41) is 3.29. The van der Waals surface area contributed by atoms with Crippen molar-refractivity contribution in [3.63, 3.8) is 0 Å². The number of rotatable bonds is 5. The molecule has 0 fully saturated rings. The van der Waals surface area contributed by atoms with E-state index in [-0.39, 0.29) is 11.9 Å². The van der Waals surface area contributed by atoms with Crippen molar-refractivity contribution >= 4 is 17.5 Å². The summed E-state index contributed by atoms with van der Waals surface area (Å²) in [6, 6.07) is 11.6. The Bertz CT molecular complexity index is 638. The monoisotopic (exact) mass is 316 g/mol. The molecule has 2 rings (SSSR count). The first kappa shape index (κ1) is 16.5. The second-order valence-corrected chi connectivity index (χ2v) is 6.29. The molecule has 1 aromatic heterocycles. The van der Waals surface area contributed by atoms with Crippen molar-refractivity contribution in [1.29, 1.82) is 0 Å². The molecule has 0 spiro atoms. The van der Waals surface area contributed by atoms with Gasteiger partial charge in [-0.15, -0.1) is 0 Å². The molecule has 116 valence electrons. The van der Waals surface area contributed by atoms with Gasteiger partial charge in [-0.3, -0.25) is 4.79 Å². The van der Waals surface area contributed by atoms with E-state index in [1.807, 2.05) is 6.92 Å². The number of nitrogens with zero attached hydrogens (tertiary/aromatic N) is 1. The van der Waals surface area contributed by atoms with Crippen molar-refractivity contribution in [3.8, 4) is 0 Å². The molecule has 0 radical (unpaired) electrons. The Hall–Kier alpha value is -1.87. The van der Waals surface area contributed by atoms with Crippen LogP contribution in [-0.2, 0) is 6.42 Å². The van der Waals surface area contributed by atoms with E-state index in [4.69, 9.17) is 11.6 Å². The van der Waals surface area contributed by atoms with Crippen LogP contribution >= 0.6 is 11.6 Å². The lowest BCUT2D eigenvalue weighted by molar-refractivity contribution is 0.0940. The lowest BCUT2D eigenvalue weighted by Gasteiger charge is -2.15. The first-order chi connectivity index (χ1) is 10.5. The van der Waals surface area contributed by atoms with E-state index in [0.717, 1.165) is 12.0 Å². The number of carbonyl (C=O) groups excluding carboxylic acids is 1. The molecule has 4 heteroatoms. The highest BCUT2D eigenvalue weighted by Gasteiger charge is 2.12.